The van der Waals surface area contributed by atoms with Gasteiger partial charge in [-0.25, -0.2) is 13.2 Å². The van der Waals surface area contributed by atoms with Crippen molar-refractivity contribution in [2.75, 3.05) is 18.4 Å². The van der Waals surface area contributed by atoms with E-state index in [1.165, 1.54) is 0 Å². The predicted octanol–water partition coefficient (Wildman–Crippen LogP) is 3.10. The quantitative estimate of drug-likeness (QED) is 0.848. The minimum absolute atomic E-state index is 0.407. The number of rotatable bonds is 3. The van der Waals surface area contributed by atoms with Crippen molar-refractivity contribution < 1.29 is 18.0 Å². The number of hydrogen-bond acceptors (Lipinski definition) is 3. The Morgan fingerprint density at radius 1 is 1.04 bits per heavy atom. The van der Waals surface area contributed by atoms with Gasteiger partial charge in [-0.05, 0) is 42.8 Å². The van der Waals surface area contributed by atoms with Crippen LogP contribution in [-0.4, -0.2) is 24.8 Å². The Hall–Kier alpha value is -2.83. The van der Waals surface area contributed by atoms with Crippen molar-refractivity contribution in [3.8, 4) is 0 Å². The first-order chi connectivity index (χ1) is 11.6. The summed E-state index contributed by atoms with van der Waals surface area (Å²) in [4.78, 5) is 16.4. The van der Waals surface area contributed by atoms with Crippen LogP contribution in [0.3, 0.4) is 0 Å². The van der Waals surface area contributed by atoms with Crippen molar-refractivity contribution in [3.63, 3.8) is 0 Å². The first kappa shape index (κ1) is 16.0. The van der Waals surface area contributed by atoms with Gasteiger partial charge in [0.2, 0.25) is 0 Å². The van der Waals surface area contributed by atoms with Crippen molar-refractivity contribution in [1.82, 2.24) is 5.32 Å². The van der Waals surface area contributed by atoms with Crippen molar-refractivity contribution in [3.05, 3.63) is 65.0 Å². The van der Waals surface area contributed by atoms with E-state index < -0.39 is 28.9 Å². The molecule has 24 heavy (non-hydrogen) atoms. The van der Waals surface area contributed by atoms with Gasteiger partial charge in [0.25, 0.3) is 5.91 Å². The number of amides is 1. The number of halogens is 3. The lowest BCUT2D eigenvalue weighted by Gasteiger charge is -2.15. The average molecular weight is 333 g/mol. The molecule has 1 heterocycles. The molecule has 7 heteroatoms. The highest BCUT2D eigenvalue weighted by molar-refractivity contribution is 6.05. The Kier molecular flexibility index (Phi) is 4.50. The second kappa shape index (κ2) is 6.74. The van der Waals surface area contributed by atoms with E-state index in [-0.39, 0.29) is 0 Å². The molecule has 1 aliphatic heterocycles. The highest BCUT2D eigenvalue weighted by Gasteiger charge is 2.19. The molecule has 0 saturated heterocycles. The first-order valence-corrected chi connectivity index (χ1v) is 7.40. The Balaban J connectivity index is 1.75. The Bertz CT molecular complexity index is 803. The van der Waals surface area contributed by atoms with Crippen LogP contribution >= 0.6 is 0 Å². The van der Waals surface area contributed by atoms with Crippen LogP contribution in [-0.2, 0) is 0 Å². The fourth-order valence-electron chi connectivity index (χ4n) is 2.34. The number of hydrogen-bond donors (Lipinski definition) is 2. The van der Waals surface area contributed by atoms with Crippen molar-refractivity contribution in [2.45, 2.75) is 6.42 Å². The molecule has 0 radical (unpaired) electrons. The molecule has 0 fully saturated rings. The highest BCUT2D eigenvalue weighted by Crippen LogP contribution is 2.17. The molecule has 4 nitrogen and oxygen atoms in total. The largest absolute Gasteiger partial charge is 0.370 e. The Morgan fingerprint density at radius 2 is 1.79 bits per heavy atom. The predicted molar refractivity (Wildman–Crippen MR) is 84.7 cm³/mol. The van der Waals surface area contributed by atoms with Crippen LogP contribution in [0.4, 0.5) is 18.9 Å². The summed E-state index contributed by atoms with van der Waals surface area (Å²) in [6.45, 7) is 1.61. The van der Waals surface area contributed by atoms with Gasteiger partial charge < -0.3 is 10.6 Å². The molecule has 2 aromatic rings. The summed E-state index contributed by atoms with van der Waals surface area (Å²) in [5.74, 6) is -4.59. The lowest BCUT2D eigenvalue weighted by atomic mass is 10.1. The summed E-state index contributed by atoms with van der Waals surface area (Å²) < 4.78 is 39.7. The molecule has 0 atom stereocenters. The summed E-state index contributed by atoms with van der Waals surface area (Å²) in [6, 6.07) is 8.39. The van der Waals surface area contributed by atoms with Crippen molar-refractivity contribution >= 4 is 17.4 Å². The third-order valence-electron chi connectivity index (χ3n) is 3.59. The standard InChI is InChI=1S/C17H14F3N3O/c18-13-7-6-12(14(19)15(13)20)17(24)23-11-4-2-10(3-5-11)16-21-8-1-9-22-16/h2-7H,1,8-9H2,(H,21,22)(H,23,24). The number of carbonyl (C=O) groups excluding carboxylic acids is 1. The fraction of sp³-hybridized carbons (Fsp3) is 0.176. The van der Waals surface area contributed by atoms with Crippen LogP contribution in [0.5, 0.6) is 0 Å². The van der Waals surface area contributed by atoms with E-state index in [2.05, 4.69) is 15.6 Å². The SMILES string of the molecule is O=C(Nc1ccc(C2=NCCCN2)cc1)c1ccc(F)c(F)c1F. The van der Waals surface area contributed by atoms with Crippen LogP contribution in [0.25, 0.3) is 0 Å². The molecule has 0 unspecified atom stereocenters. The third kappa shape index (κ3) is 3.24. The van der Waals surface area contributed by atoms with E-state index in [1.54, 1.807) is 24.3 Å². The highest BCUT2D eigenvalue weighted by atomic mass is 19.2. The van der Waals surface area contributed by atoms with Gasteiger partial charge >= 0.3 is 0 Å². The lowest BCUT2D eigenvalue weighted by Crippen LogP contribution is -2.30. The van der Waals surface area contributed by atoms with Gasteiger partial charge in [0, 0.05) is 24.3 Å². The fourth-order valence-corrected chi connectivity index (χ4v) is 2.34. The minimum atomic E-state index is -1.67. The van der Waals surface area contributed by atoms with E-state index in [1.807, 2.05) is 0 Å². The van der Waals surface area contributed by atoms with E-state index in [0.717, 1.165) is 37.0 Å². The van der Waals surface area contributed by atoms with Crippen LogP contribution in [0.1, 0.15) is 22.3 Å². The third-order valence-corrected chi connectivity index (χ3v) is 3.59. The van der Waals surface area contributed by atoms with E-state index >= 15 is 0 Å². The maximum Gasteiger partial charge on any atom is 0.258 e. The molecular weight excluding hydrogens is 319 g/mol. The molecule has 2 aromatic carbocycles. The zero-order valence-corrected chi connectivity index (χ0v) is 12.6. The van der Waals surface area contributed by atoms with Gasteiger partial charge in [0.1, 0.15) is 5.84 Å². The van der Waals surface area contributed by atoms with Crippen LogP contribution < -0.4 is 10.6 Å². The average Bonchev–Trinajstić information content (AvgIpc) is 2.61. The molecule has 0 spiro atoms. The second-order valence-electron chi connectivity index (χ2n) is 5.27. The first-order valence-electron chi connectivity index (χ1n) is 7.40. The van der Waals surface area contributed by atoms with Gasteiger partial charge in [0.05, 0.1) is 5.56 Å². The van der Waals surface area contributed by atoms with Gasteiger partial charge in [-0.2, -0.15) is 0 Å². The Morgan fingerprint density at radius 3 is 2.46 bits per heavy atom. The van der Waals surface area contributed by atoms with Gasteiger partial charge in [-0.3, -0.25) is 9.79 Å². The monoisotopic (exact) mass is 333 g/mol. The van der Waals surface area contributed by atoms with E-state index in [0.29, 0.717) is 11.8 Å². The smallest absolute Gasteiger partial charge is 0.258 e. The summed E-state index contributed by atoms with van der Waals surface area (Å²) >= 11 is 0. The maximum atomic E-state index is 13.6. The van der Waals surface area contributed by atoms with Gasteiger partial charge in [-0.15, -0.1) is 0 Å². The lowest BCUT2D eigenvalue weighted by molar-refractivity contribution is 0.102. The molecule has 3 rings (SSSR count). The molecular formula is C17H14F3N3O. The van der Waals surface area contributed by atoms with E-state index in [9.17, 15) is 18.0 Å². The van der Waals surface area contributed by atoms with Crippen molar-refractivity contribution in [2.24, 2.45) is 4.99 Å². The Labute approximate surface area is 136 Å². The second-order valence-corrected chi connectivity index (χ2v) is 5.27. The number of amidine groups is 1. The number of benzene rings is 2. The number of carbonyl (C=O) groups is 1. The minimum Gasteiger partial charge on any atom is -0.370 e. The number of nitrogens with one attached hydrogen (secondary N) is 2. The van der Waals surface area contributed by atoms with E-state index in [4.69, 9.17) is 0 Å². The molecule has 124 valence electrons. The zero-order chi connectivity index (χ0) is 17.1. The molecule has 0 aromatic heterocycles. The van der Waals surface area contributed by atoms with Crippen LogP contribution in [0.2, 0.25) is 0 Å². The normalized spacial score (nSPS) is 13.9. The molecule has 0 bridgehead atoms. The zero-order valence-electron chi connectivity index (χ0n) is 12.6. The topological polar surface area (TPSA) is 53.5 Å². The number of aliphatic imine (C=N–C) groups is 1. The number of anilines is 1. The summed E-state index contributed by atoms with van der Waals surface area (Å²) in [5.41, 5.74) is 0.715. The maximum absolute atomic E-state index is 13.6. The van der Waals surface area contributed by atoms with Gasteiger partial charge in [-0.1, -0.05) is 0 Å². The summed E-state index contributed by atoms with van der Waals surface area (Å²) in [5, 5.41) is 5.62. The van der Waals surface area contributed by atoms with Gasteiger partial charge in [0.15, 0.2) is 17.5 Å². The summed E-state index contributed by atoms with van der Waals surface area (Å²) in [6.07, 6.45) is 0.984. The molecule has 0 saturated carbocycles. The molecule has 1 aliphatic rings. The molecule has 2 N–H and O–H groups in total. The van der Waals surface area contributed by atoms with Crippen LogP contribution in [0.15, 0.2) is 41.4 Å². The van der Waals surface area contributed by atoms with Crippen LogP contribution in [0, 0.1) is 17.5 Å². The summed E-state index contributed by atoms with van der Waals surface area (Å²) in [7, 11) is 0. The molecule has 0 aliphatic carbocycles. The molecule has 1 amide bonds. The van der Waals surface area contributed by atoms with Crippen molar-refractivity contribution in [1.29, 1.82) is 0 Å². The number of nitrogens with zero attached hydrogens (tertiary/aromatic N) is 1.